The van der Waals surface area contributed by atoms with Crippen LogP contribution < -0.4 is 14.8 Å². The molecule has 0 aliphatic carbocycles. The third-order valence-electron chi connectivity index (χ3n) is 3.69. The van der Waals surface area contributed by atoms with Crippen molar-refractivity contribution in [2.75, 3.05) is 20.3 Å². The Hall–Kier alpha value is -2.24. The van der Waals surface area contributed by atoms with Gasteiger partial charge in [0.05, 0.1) is 13.0 Å². The van der Waals surface area contributed by atoms with E-state index < -0.39 is 5.97 Å². The smallest absolute Gasteiger partial charge is 0.303 e. The fourth-order valence-electron chi connectivity index (χ4n) is 2.46. The van der Waals surface area contributed by atoms with Crippen LogP contribution in [-0.4, -0.2) is 37.2 Å². The number of carbonyl (C=O) groups is 2. The molecule has 1 aliphatic heterocycles. The van der Waals surface area contributed by atoms with E-state index in [1.54, 1.807) is 14.0 Å². The number of aliphatic carboxylic acids is 1. The Balaban J connectivity index is 1.91. The molecule has 2 rings (SSSR count). The summed E-state index contributed by atoms with van der Waals surface area (Å²) in [6, 6.07) is 5.55. The molecule has 0 saturated carbocycles. The number of nitrogens with one attached hydrogen (secondary N) is 1. The normalized spacial score (nSPS) is 17.8. The highest BCUT2D eigenvalue weighted by atomic mass is 16.5. The Bertz CT molecular complexity index is 557. The second-order valence-electron chi connectivity index (χ2n) is 5.63. The van der Waals surface area contributed by atoms with Crippen molar-refractivity contribution >= 4 is 11.9 Å². The van der Waals surface area contributed by atoms with Crippen LogP contribution in [0.15, 0.2) is 18.2 Å². The van der Waals surface area contributed by atoms with Crippen molar-refractivity contribution in [3.8, 4) is 11.5 Å². The second-order valence-corrected chi connectivity index (χ2v) is 5.63. The minimum absolute atomic E-state index is 0.0431. The number of methoxy groups -OCH3 is 1. The van der Waals surface area contributed by atoms with Gasteiger partial charge in [-0.05, 0) is 36.1 Å². The standard InChI is InChI=1S/C16H21NO5/c1-10(5-15(18)19)8-17-16(20)12-6-11-7-13(21-2)3-4-14(11)22-9-12/h3-4,7,10,12H,5-6,8-9H2,1-2H3,(H,17,20)(H,18,19). The van der Waals surface area contributed by atoms with E-state index in [2.05, 4.69) is 5.32 Å². The van der Waals surface area contributed by atoms with Crippen molar-refractivity contribution in [2.45, 2.75) is 19.8 Å². The molecule has 22 heavy (non-hydrogen) atoms. The number of carbonyl (C=O) groups excluding carboxylic acids is 1. The third-order valence-corrected chi connectivity index (χ3v) is 3.69. The van der Waals surface area contributed by atoms with E-state index in [1.165, 1.54) is 0 Å². The molecule has 2 N–H and O–H groups in total. The van der Waals surface area contributed by atoms with Crippen LogP contribution >= 0.6 is 0 Å². The van der Waals surface area contributed by atoms with Gasteiger partial charge in [-0.1, -0.05) is 6.92 Å². The number of ether oxygens (including phenoxy) is 2. The average molecular weight is 307 g/mol. The Morgan fingerprint density at radius 1 is 1.50 bits per heavy atom. The fraction of sp³-hybridized carbons (Fsp3) is 0.500. The minimum Gasteiger partial charge on any atom is -0.497 e. The van der Waals surface area contributed by atoms with Gasteiger partial charge in [-0.25, -0.2) is 0 Å². The van der Waals surface area contributed by atoms with Crippen LogP contribution in [0.4, 0.5) is 0 Å². The van der Waals surface area contributed by atoms with Crippen LogP contribution in [-0.2, 0) is 16.0 Å². The van der Waals surface area contributed by atoms with Gasteiger partial charge in [0.2, 0.25) is 5.91 Å². The van der Waals surface area contributed by atoms with E-state index in [0.29, 0.717) is 19.6 Å². The Morgan fingerprint density at radius 2 is 2.27 bits per heavy atom. The van der Waals surface area contributed by atoms with Crippen molar-refractivity contribution in [1.29, 1.82) is 0 Å². The van der Waals surface area contributed by atoms with E-state index in [0.717, 1.165) is 17.1 Å². The van der Waals surface area contributed by atoms with Crippen LogP contribution in [0.5, 0.6) is 11.5 Å². The highest BCUT2D eigenvalue weighted by Crippen LogP contribution is 2.30. The lowest BCUT2D eigenvalue weighted by Crippen LogP contribution is -2.39. The Labute approximate surface area is 129 Å². The summed E-state index contributed by atoms with van der Waals surface area (Å²) in [7, 11) is 1.60. The summed E-state index contributed by atoms with van der Waals surface area (Å²) in [5.41, 5.74) is 0.948. The number of amides is 1. The van der Waals surface area contributed by atoms with Crippen molar-refractivity contribution in [3.05, 3.63) is 23.8 Å². The molecule has 0 fully saturated rings. The van der Waals surface area contributed by atoms with Gasteiger partial charge < -0.3 is 19.9 Å². The zero-order valence-corrected chi connectivity index (χ0v) is 12.8. The van der Waals surface area contributed by atoms with Crippen molar-refractivity contribution < 1.29 is 24.2 Å². The summed E-state index contributed by atoms with van der Waals surface area (Å²) in [5.74, 6) is 0.187. The highest BCUT2D eigenvalue weighted by molar-refractivity contribution is 5.79. The predicted octanol–water partition coefficient (Wildman–Crippen LogP) is 1.47. The molecule has 0 bridgehead atoms. The van der Waals surface area contributed by atoms with Gasteiger partial charge >= 0.3 is 5.97 Å². The molecular formula is C16H21NO5. The predicted molar refractivity (Wildman–Crippen MR) is 80.1 cm³/mol. The van der Waals surface area contributed by atoms with E-state index in [-0.39, 0.29) is 24.2 Å². The maximum absolute atomic E-state index is 12.2. The molecule has 0 spiro atoms. The lowest BCUT2D eigenvalue weighted by atomic mass is 9.95. The second kappa shape index (κ2) is 7.15. The van der Waals surface area contributed by atoms with E-state index in [9.17, 15) is 9.59 Å². The Kier molecular flexibility index (Phi) is 5.25. The summed E-state index contributed by atoms with van der Waals surface area (Å²) in [5, 5.41) is 11.5. The molecule has 0 aromatic heterocycles. The molecule has 6 nitrogen and oxygen atoms in total. The van der Waals surface area contributed by atoms with Crippen molar-refractivity contribution in [2.24, 2.45) is 11.8 Å². The molecular weight excluding hydrogens is 286 g/mol. The molecule has 2 atom stereocenters. The number of rotatable bonds is 6. The van der Waals surface area contributed by atoms with Gasteiger partial charge in [0, 0.05) is 13.0 Å². The van der Waals surface area contributed by atoms with Crippen LogP contribution in [0.25, 0.3) is 0 Å². The van der Waals surface area contributed by atoms with Crippen LogP contribution in [0.1, 0.15) is 18.9 Å². The largest absolute Gasteiger partial charge is 0.497 e. The van der Waals surface area contributed by atoms with Gasteiger partial charge in [-0.3, -0.25) is 9.59 Å². The topological polar surface area (TPSA) is 84.9 Å². The molecule has 2 unspecified atom stereocenters. The monoisotopic (exact) mass is 307 g/mol. The van der Waals surface area contributed by atoms with Gasteiger partial charge in [-0.15, -0.1) is 0 Å². The number of hydrogen-bond acceptors (Lipinski definition) is 4. The van der Waals surface area contributed by atoms with Gasteiger partial charge in [0.25, 0.3) is 0 Å². The lowest BCUT2D eigenvalue weighted by molar-refractivity contribution is -0.138. The molecule has 1 heterocycles. The maximum atomic E-state index is 12.2. The lowest BCUT2D eigenvalue weighted by Gasteiger charge is -2.25. The highest BCUT2D eigenvalue weighted by Gasteiger charge is 2.26. The zero-order chi connectivity index (χ0) is 16.1. The first-order valence-electron chi connectivity index (χ1n) is 7.28. The molecule has 6 heteroatoms. The first-order valence-corrected chi connectivity index (χ1v) is 7.28. The van der Waals surface area contributed by atoms with Gasteiger partial charge in [0.15, 0.2) is 0 Å². The van der Waals surface area contributed by atoms with E-state index >= 15 is 0 Å². The minimum atomic E-state index is -0.858. The van der Waals surface area contributed by atoms with Crippen molar-refractivity contribution in [3.63, 3.8) is 0 Å². The molecule has 1 aromatic rings. The van der Waals surface area contributed by atoms with Crippen LogP contribution in [0, 0.1) is 11.8 Å². The molecule has 1 aliphatic rings. The number of carboxylic acids is 1. The SMILES string of the molecule is COc1ccc2c(c1)CC(C(=O)NCC(C)CC(=O)O)CO2. The van der Waals surface area contributed by atoms with Crippen LogP contribution in [0.2, 0.25) is 0 Å². The fourth-order valence-corrected chi connectivity index (χ4v) is 2.46. The molecule has 0 saturated heterocycles. The first kappa shape index (κ1) is 16.1. The molecule has 1 amide bonds. The average Bonchev–Trinajstić information content (AvgIpc) is 2.50. The molecule has 1 aromatic carbocycles. The van der Waals surface area contributed by atoms with Gasteiger partial charge in [0.1, 0.15) is 18.1 Å². The summed E-state index contributed by atoms with van der Waals surface area (Å²) < 4.78 is 10.8. The number of hydrogen-bond donors (Lipinski definition) is 2. The van der Waals surface area contributed by atoms with Crippen molar-refractivity contribution in [1.82, 2.24) is 5.32 Å². The number of fused-ring (bicyclic) bond motifs is 1. The first-order chi connectivity index (χ1) is 10.5. The van der Waals surface area contributed by atoms with Gasteiger partial charge in [-0.2, -0.15) is 0 Å². The summed E-state index contributed by atoms with van der Waals surface area (Å²) in [6.45, 7) is 2.48. The Morgan fingerprint density at radius 3 is 2.95 bits per heavy atom. The third kappa shape index (κ3) is 4.13. The summed E-state index contributed by atoms with van der Waals surface area (Å²) in [4.78, 5) is 22.8. The quantitative estimate of drug-likeness (QED) is 0.831. The van der Waals surface area contributed by atoms with E-state index in [1.807, 2.05) is 18.2 Å². The summed E-state index contributed by atoms with van der Waals surface area (Å²) >= 11 is 0. The maximum Gasteiger partial charge on any atom is 0.303 e. The number of carboxylic acid groups (broad SMARTS) is 1. The zero-order valence-electron chi connectivity index (χ0n) is 12.8. The number of benzene rings is 1. The van der Waals surface area contributed by atoms with E-state index in [4.69, 9.17) is 14.6 Å². The summed E-state index contributed by atoms with van der Waals surface area (Å²) in [6.07, 6.45) is 0.632. The van der Waals surface area contributed by atoms with Crippen LogP contribution in [0.3, 0.4) is 0 Å². The molecule has 0 radical (unpaired) electrons. The molecule has 120 valence electrons.